The minimum atomic E-state index is -0.416. The van der Waals surface area contributed by atoms with Gasteiger partial charge in [0, 0.05) is 13.7 Å². The summed E-state index contributed by atoms with van der Waals surface area (Å²) < 4.78 is 10.5. The average molecular weight is 282 g/mol. The predicted molar refractivity (Wildman–Crippen MR) is 78.4 cm³/mol. The molecule has 0 aliphatic heterocycles. The molecule has 1 aromatic rings. The lowest BCUT2D eigenvalue weighted by atomic mass is 10.2. The predicted octanol–water partition coefficient (Wildman–Crippen LogP) is 3.08. The zero-order valence-corrected chi connectivity index (χ0v) is 12.4. The molecular formula is C14H22N2O4. The van der Waals surface area contributed by atoms with E-state index in [4.69, 9.17) is 9.47 Å². The summed E-state index contributed by atoms with van der Waals surface area (Å²) in [4.78, 5) is 10.8. The van der Waals surface area contributed by atoms with E-state index in [9.17, 15) is 10.1 Å². The van der Waals surface area contributed by atoms with E-state index in [2.05, 4.69) is 5.32 Å². The van der Waals surface area contributed by atoms with Gasteiger partial charge in [-0.05, 0) is 31.9 Å². The SMILES string of the molecule is COCC(C)CNc1cccc(OC(C)C)c1[N+](=O)[O-]. The third-order valence-electron chi connectivity index (χ3n) is 2.64. The van der Waals surface area contributed by atoms with Crippen LogP contribution in [0.25, 0.3) is 0 Å². The molecule has 0 aliphatic rings. The summed E-state index contributed by atoms with van der Waals surface area (Å²) >= 11 is 0. The van der Waals surface area contributed by atoms with Crippen LogP contribution in [0.3, 0.4) is 0 Å². The fraction of sp³-hybridized carbons (Fsp3) is 0.571. The molecule has 0 saturated carbocycles. The third-order valence-corrected chi connectivity index (χ3v) is 2.64. The Morgan fingerprint density at radius 2 is 2.05 bits per heavy atom. The first-order valence-electron chi connectivity index (χ1n) is 6.62. The quantitative estimate of drug-likeness (QED) is 0.586. The number of para-hydroxylation sites is 1. The summed E-state index contributed by atoms with van der Waals surface area (Å²) in [7, 11) is 1.63. The maximum atomic E-state index is 11.3. The van der Waals surface area contributed by atoms with Crippen molar-refractivity contribution in [2.24, 2.45) is 5.92 Å². The number of rotatable bonds is 8. The van der Waals surface area contributed by atoms with Crippen LogP contribution in [0, 0.1) is 16.0 Å². The number of hydrogen-bond donors (Lipinski definition) is 1. The second-order valence-corrected chi connectivity index (χ2v) is 5.02. The Morgan fingerprint density at radius 3 is 2.60 bits per heavy atom. The van der Waals surface area contributed by atoms with Gasteiger partial charge in [0.05, 0.1) is 17.6 Å². The summed E-state index contributed by atoms with van der Waals surface area (Å²) in [6.07, 6.45) is -0.114. The Kier molecular flexibility index (Phi) is 6.24. The van der Waals surface area contributed by atoms with Gasteiger partial charge in [-0.15, -0.1) is 0 Å². The van der Waals surface area contributed by atoms with Gasteiger partial charge in [0.25, 0.3) is 0 Å². The molecule has 1 unspecified atom stereocenters. The highest BCUT2D eigenvalue weighted by Crippen LogP contribution is 2.35. The molecule has 6 nitrogen and oxygen atoms in total. The molecule has 20 heavy (non-hydrogen) atoms. The van der Waals surface area contributed by atoms with Gasteiger partial charge >= 0.3 is 5.69 Å². The highest BCUT2D eigenvalue weighted by atomic mass is 16.6. The number of nitro groups is 1. The number of methoxy groups -OCH3 is 1. The number of benzene rings is 1. The fourth-order valence-corrected chi connectivity index (χ4v) is 1.83. The molecule has 1 atom stereocenters. The topological polar surface area (TPSA) is 73.6 Å². The van der Waals surface area contributed by atoms with Crippen LogP contribution in [0.4, 0.5) is 11.4 Å². The summed E-state index contributed by atoms with van der Waals surface area (Å²) in [6, 6.07) is 5.04. The normalized spacial score (nSPS) is 12.2. The molecule has 0 aliphatic carbocycles. The van der Waals surface area contributed by atoms with Crippen LogP contribution >= 0.6 is 0 Å². The molecule has 1 N–H and O–H groups in total. The zero-order valence-electron chi connectivity index (χ0n) is 12.4. The molecule has 0 heterocycles. The number of anilines is 1. The van der Waals surface area contributed by atoms with E-state index in [1.54, 1.807) is 25.3 Å². The fourth-order valence-electron chi connectivity index (χ4n) is 1.83. The molecule has 0 spiro atoms. The second kappa shape index (κ2) is 7.69. The number of nitro benzene ring substituents is 1. The van der Waals surface area contributed by atoms with E-state index in [-0.39, 0.29) is 23.5 Å². The van der Waals surface area contributed by atoms with Crippen LogP contribution < -0.4 is 10.1 Å². The second-order valence-electron chi connectivity index (χ2n) is 5.02. The Balaban J connectivity index is 2.92. The van der Waals surface area contributed by atoms with E-state index in [0.717, 1.165) is 0 Å². The molecule has 0 amide bonds. The first-order valence-corrected chi connectivity index (χ1v) is 6.62. The Hall–Kier alpha value is -1.82. The summed E-state index contributed by atoms with van der Waals surface area (Å²) in [5, 5.41) is 14.3. The first-order chi connectivity index (χ1) is 9.45. The summed E-state index contributed by atoms with van der Waals surface area (Å²) in [5.74, 6) is 0.545. The van der Waals surface area contributed by atoms with Gasteiger partial charge in [-0.25, -0.2) is 0 Å². The smallest absolute Gasteiger partial charge is 0.333 e. The molecule has 0 radical (unpaired) electrons. The van der Waals surface area contributed by atoms with Crippen molar-refractivity contribution >= 4 is 11.4 Å². The van der Waals surface area contributed by atoms with E-state index < -0.39 is 4.92 Å². The Morgan fingerprint density at radius 1 is 1.35 bits per heavy atom. The van der Waals surface area contributed by atoms with Crippen molar-refractivity contribution in [3.63, 3.8) is 0 Å². The van der Waals surface area contributed by atoms with E-state index in [1.165, 1.54) is 0 Å². The minimum absolute atomic E-state index is 0.0224. The molecule has 0 aromatic heterocycles. The molecule has 112 valence electrons. The standard InChI is InChI=1S/C14H22N2O4/c1-10(2)20-13-7-5-6-12(14(13)16(17)18)15-8-11(3)9-19-4/h5-7,10-11,15H,8-9H2,1-4H3. The minimum Gasteiger partial charge on any atom is -0.484 e. The van der Waals surface area contributed by atoms with E-state index in [1.807, 2.05) is 20.8 Å². The lowest BCUT2D eigenvalue weighted by Crippen LogP contribution is -2.17. The van der Waals surface area contributed by atoms with Gasteiger partial charge in [-0.1, -0.05) is 13.0 Å². The Labute approximate surface area is 119 Å². The van der Waals surface area contributed by atoms with Crippen LogP contribution in [0.2, 0.25) is 0 Å². The largest absolute Gasteiger partial charge is 0.484 e. The van der Waals surface area contributed by atoms with Crippen LogP contribution in [0.1, 0.15) is 20.8 Å². The monoisotopic (exact) mass is 282 g/mol. The van der Waals surface area contributed by atoms with Crippen molar-refractivity contribution in [1.29, 1.82) is 0 Å². The van der Waals surface area contributed by atoms with E-state index >= 15 is 0 Å². The number of nitrogens with one attached hydrogen (secondary N) is 1. The number of hydrogen-bond acceptors (Lipinski definition) is 5. The molecule has 0 saturated heterocycles. The van der Waals surface area contributed by atoms with Crippen LogP contribution in [0.5, 0.6) is 5.75 Å². The molecule has 6 heteroatoms. The number of nitrogens with zero attached hydrogens (tertiary/aromatic N) is 1. The van der Waals surface area contributed by atoms with Crippen molar-refractivity contribution in [3.05, 3.63) is 28.3 Å². The van der Waals surface area contributed by atoms with Gasteiger partial charge in [-0.2, -0.15) is 0 Å². The molecule has 0 bridgehead atoms. The van der Waals surface area contributed by atoms with Crippen molar-refractivity contribution < 1.29 is 14.4 Å². The van der Waals surface area contributed by atoms with Crippen molar-refractivity contribution in [2.75, 3.05) is 25.6 Å². The zero-order chi connectivity index (χ0) is 15.1. The van der Waals surface area contributed by atoms with Gasteiger partial charge in [-0.3, -0.25) is 10.1 Å². The van der Waals surface area contributed by atoms with Crippen LogP contribution in [-0.4, -0.2) is 31.3 Å². The highest BCUT2D eigenvalue weighted by molar-refractivity contribution is 5.68. The summed E-state index contributed by atoms with van der Waals surface area (Å²) in [6.45, 7) is 6.88. The average Bonchev–Trinajstić information content (AvgIpc) is 2.35. The first kappa shape index (κ1) is 16.2. The van der Waals surface area contributed by atoms with Crippen LogP contribution in [-0.2, 0) is 4.74 Å². The molecule has 0 fully saturated rings. The number of ether oxygens (including phenoxy) is 2. The maximum absolute atomic E-state index is 11.3. The van der Waals surface area contributed by atoms with Crippen molar-refractivity contribution in [1.82, 2.24) is 0 Å². The van der Waals surface area contributed by atoms with Crippen molar-refractivity contribution in [3.8, 4) is 5.75 Å². The third kappa shape index (κ3) is 4.70. The summed E-state index contributed by atoms with van der Waals surface area (Å²) in [5.41, 5.74) is 0.446. The van der Waals surface area contributed by atoms with Gasteiger partial charge in [0.2, 0.25) is 0 Å². The molecular weight excluding hydrogens is 260 g/mol. The van der Waals surface area contributed by atoms with E-state index in [0.29, 0.717) is 18.8 Å². The van der Waals surface area contributed by atoms with Gasteiger partial charge < -0.3 is 14.8 Å². The molecule has 1 rings (SSSR count). The van der Waals surface area contributed by atoms with Gasteiger partial charge in [0.15, 0.2) is 5.75 Å². The molecule has 1 aromatic carbocycles. The van der Waals surface area contributed by atoms with Gasteiger partial charge in [0.1, 0.15) is 5.69 Å². The van der Waals surface area contributed by atoms with Crippen LogP contribution in [0.15, 0.2) is 18.2 Å². The lowest BCUT2D eigenvalue weighted by Gasteiger charge is -2.15. The lowest BCUT2D eigenvalue weighted by molar-refractivity contribution is -0.385. The Bertz CT molecular complexity index is 449. The highest BCUT2D eigenvalue weighted by Gasteiger charge is 2.21. The van der Waals surface area contributed by atoms with Crippen molar-refractivity contribution in [2.45, 2.75) is 26.9 Å². The maximum Gasteiger partial charge on any atom is 0.333 e.